The fourth-order valence-corrected chi connectivity index (χ4v) is 2.46. The fraction of sp³-hybridized carbons (Fsp3) is 0.500. The molecule has 1 aromatic heterocycles. The maximum absolute atomic E-state index is 12.5. The van der Waals surface area contributed by atoms with Crippen molar-refractivity contribution < 1.29 is 14.7 Å². The first kappa shape index (κ1) is 14.3. The van der Waals surface area contributed by atoms with Crippen LogP contribution in [0.3, 0.4) is 0 Å². The van der Waals surface area contributed by atoms with E-state index in [1.165, 1.54) is 4.90 Å². The molecule has 0 spiro atoms. The van der Waals surface area contributed by atoms with Crippen LogP contribution < -0.4 is 0 Å². The highest BCUT2D eigenvalue weighted by Crippen LogP contribution is 2.20. The molecular weight excluding hydrogens is 258 g/mol. The normalized spacial score (nSPS) is 18.1. The van der Waals surface area contributed by atoms with Crippen LogP contribution in [0.2, 0.25) is 0 Å². The summed E-state index contributed by atoms with van der Waals surface area (Å²) in [6, 6.07) is 2.83. The maximum atomic E-state index is 12.5. The second kappa shape index (κ2) is 6.36. The van der Waals surface area contributed by atoms with Crippen LogP contribution in [0.1, 0.15) is 25.3 Å². The van der Waals surface area contributed by atoms with Gasteiger partial charge in [0.25, 0.3) is 0 Å². The molecule has 0 aliphatic carbocycles. The number of urea groups is 1. The van der Waals surface area contributed by atoms with E-state index in [-0.39, 0.29) is 6.03 Å². The molecule has 20 heavy (non-hydrogen) atoms. The lowest BCUT2D eigenvalue weighted by atomic mass is 10.2. The van der Waals surface area contributed by atoms with Gasteiger partial charge in [-0.15, -0.1) is 0 Å². The van der Waals surface area contributed by atoms with E-state index in [1.807, 2.05) is 19.1 Å². The molecule has 2 amide bonds. The second-order valence-corrected chi connectivity index (χ2v) is 4.84. The molecular formula is C14H19N3O3. The van der Waals surface area contributed by atoms with Gasteiger partial charge in [0, 0.05) is 32.0 Å². The minimum Gasteiger partial charge on any atom is -0.480 e. The van der Waals surface area contributed by atoms with Crippen molar-refractivity contribution in [3.63, 3.8) is 0 Å². The Labute approximate surface area is 118 Å². The number of aliphatic carboxylic acids is 1. The minimum absolute atomic E-state index is 0.200. The lowest BCUT2D eigenvalue weighted by molar-refractivity contribution is -0.141. The Balaban J connectivity index is 2.07. The summed E-state index contributed by atoms with van der Waals surface area (Å²) < 4.78 is 0. The quantitative estimate of drug-likeness (QED) is 0.906. The zero-order valence-electron chi connectivity index (χ0n) is 11.5. The molecule has 6 nitrogen and oxygen atoms in total. The average molecular weight is 277 g/mol. The topological polar surface area (TPSA) is 73.7 Å². The number of amides is 2. The van der Waals surface area contributed by atoms with Gasteiger partial charge in [-0.1, -0.05) is 0 Å². The number of likely N-dealkylation sites (tertiary alicyclic amines) is 1. The largest absolute Gasteiger partial charge is 0.480 e. The number of hydrogen-bond acceptors (Lipinski definition) is 3. The zero-order valence-corrected chi connectivity index (χ0v) is 11.5. The number of carboxylic acids is 1. The summed E-state index contributed by atoms with van der Waals surface area (Å²) in [5, 5.41) is 9.16. The van der Waals surface area contributed by atoms with E-state index in [9.17, 15) is 9.59 Å². The average Bonchev–Trinajstić information content (AvgIpc) is 2.94. The van der Waals surface area contributed by atoms with Crippen molar-refractivity contribution in [3.8, 4) is 0 Å². The van der Waals surface area contributed by atoms with Gasteiger partial charge in [-0.2, -0.15) is 0 Å². The lowest BCUT2D eigenvalue weighted by Crippen LogP contribution is -2.47. The lowest BCUT2D eigenvalue weighted by Gasteiger charge is -2.29. The molecule has 1 fully saturated rings. The summed E-state index contributed by atoms with van der Waals surface area (Å²) in [5.41, 5.74) is 0.987. The van der Waals surface area contributed by atoms with E-state index < -0.39 is 12.0 Å². The molecule has 108 valence electrons. The van der Waals surface area contributed by atoms with E-state index >= 15 is 0 Å². The summed E-state index contributed by atoms with van der Waals surface area (Å²) >= 11 is 0. The summed E-state index contributed by atoms with van der Waals surface area (Å²) in [4.78, 5) is 30.7. The Hall–Kier alpha value is -2.11. The Kier molecular flexibility index (Phi) is 4.55. The van der Waals surface area contributed by atoms with Gasteiger partial charge in [0.05, 0.1) is 0 Å². The van der Waals surface area contributed by atoms with Gasteiger partial charge < -0.3 is 14.9 Å². The number of hydrogen-bond donors (Lipinski definition) is 1. The highest BCUT2D eigenvalue weighted by Gasteiger charge is 2.35. The SMILES string of the molecule is CCN(Cc1ccncc1)C(=O)N1CCC[C@H]1C(=O)O. The van der Waals surface area contributed by atoms with Crippen molar-refractivity contribution in [2.24, 2.45) is 0 Å². The fourth-order valence-electron chi connectivity index (χ4n) is 2.46. The van der Waals surface area contributed by atoms with Crippen LogP contribution in [0.15, 0.2) is 24.5 Å². The third-order valence-electron chi connectivity index (χ3n) is 3.56. The number of aromatic nitrogens is 1. The number of carboxylic acid groups (broad SMARTS) is 1. The molecule has 6 heteroatoms. The van der Waals surface area contributed by atoms with E-state index in [4.69, 9.17) is 5.11 Å². The van der Waals surface area contributed by atoms with Gasteiger partial charge in [-0.05, 0) is 37.5 Å². The Bertz CT molecular complexity index is 478. The van der Waals surface area contributed by atoms with E-state index in [0.717, 1.165) is 12.0 Å². The maximum Gasteiger partial charge on any atom is 0.326 e. The molecule has 0 radical (unpaired) electrons. The predicted molar refractivity (Wildman–Crippen MR) is 73.1 cm³/mol. The number of pyridine rings is 1. The molecule has 0 aromatic carbocycles. The Morgan fingerprint density at radius 1 is 1.45 bits per heavy atom. The highest BCUT2D eigenvalue weighted by atomic mass is 16.4. The van der Waals surface area contributed by atoms with Crippen LogP contribution in [-0.2, 0) is 11.3 Å². The third kappa shape index (κ3) is 3.07. The van der Waals surface area contributed by atoms with Crippen molar-refractivity contribution in [1.29, 1.82) is 0 Å². The van der Waals surface area contributed by atoms with Gasteiger partial charge in [0.2, 0.25) is 0 Å². The van der Waals surface area contributed by atoms with Crippen molar-refractivity contribution in [2.75, 3.05) is 13.1 Å². The predicted octanol–water partition coefficient (Wildman–Crippen LogP) is 1.57. The molecule has 1 aliphatic rings. The van der Waals surface area contributed by atoms with Gasteiger partial charge in [0.1, 0.15) is 6.04 Å². The van der Waals surface area contributed by atoms with Crippen LogP contribution in [0.25, 0.3) is 0 Å². The van der Waals surface area contributed by atoms with Crippen LogP contribution in [0.5, 0.6) is 0 Å². The molecule has 1 saturated heterocycles. The number of carbonyl (C=O) groups excluding carboxylic acids is 1. The zero-order chi connectivity index (χ0) is 14.5. The van der Waals surface area contributed by atoms with Gasteiger partial charge in [-0.3, -0.25) is 4.98 Å². The number of nitrogens with zero attached hydrogens (tertiary/aromatic N) is 3. The second-order valence-electron chi connectivity index (χ2n) is 4.84. The van der Waals surface area contributed by atoms with E-state index in [0.29, 0.717) is 26.1 Å². The summed E-state index contributed by atoms with van der Waals surface area (Å²) in [7, 11) is 0. The monoisotopic (exact) mass is 277 g/mol. The third-order valence-corrected chi connectivity index (χ3v) is 3.56. The molecule has 1 N–H and O–H groups in total. The van der Waals surface area contributed by atoms with Gasteiger partial charge >= 0.3 is 12.0 Å². The molecule has 1 atom stereocenters. The van der Waals surface area contributed by atoms with E-state index in [1.54, 1.807) is 17.3 Å². The minimum atomic E-state index is -0.921. The molecule has 2 heterocycles. The van der Waals surface area contributed by atoms with Crippen LogP contribution in [0.4, 0.5) is 4.79 Å². The molecule has 1 aliphatic heterocycles. The first-order valence-corrected chi connectivity index (χ1v) is 6.80. The molecule has 2 rings (SSSR count). The molecule has 0 unspecified atom stereocenters. The van der Waals surface area contributed by atoms with Crippen molar-refractivity contribution in [3.05, 3.63) is 30.1 Å². The highest BCUT2D eigenvalue weighted by molar-refractivity contribution is 5.83. The molecule has 0 bridgehead atoms. The number of rotatable bonds is 4. The standard InChI is InChI=1S/C14H19N3O3/c1-2-16(10-11-5-7-15-8-6-11)14(20)17-9-3-4-12(17)13(18)19/h5-8,12H,2-4,9-10H2,1H3,(H,18,19)/t12-/m0/s1. The van der Waals surface area contributed by atoms with Crippen molar-refractivity contribution in [1.82, 2.24) is 14.8 Å². The van der Waals surface area contributed by atoms with Gasteiger partial charge in [0.15, 0.2) is 0 Å². The summed E-state index contributed by atoms with van der Waals surface area (Å²) in [6.07, 6.45) is 4.65. The van der Waals surface area contributed by atoms with Crippen LogP contribution in [0, 0.1) is 0 Å². The smallest absolute Gasteiger partial charge is 0.326 e. The molecule has 0 saturated carbocycles. The van der Waals surface area contributed by atoms with Crippen LogP contribution in [-0.4, -0.2) is 51.0 Å². The van der Waals surface area contributed by atoms with E-state index in [2.05, 4.69) is 4.98 Å². The number of carbonyl (C=O) groups is 2. The van der Waals surface area contributed by atoms with Gasteiger partial charge in [-0.25, -0.2) is 9.59 Å². The van der Waals surface area contributed by atoms with Crippen molar-refractivity contribution >= 4 is 12.0 Å². The Morgan fingerprint density at radius 2 is 2.15 bits per heavy atom. The first-order chi connectivity index (χ1) is 9.63. The summed E-state index contributed by atoms with van der Waals surface area (Å²) in [6.45, 7) is 3.43. The summed E-state index contributed by atoms with van der Waals surface area (Å²) in [5.74, 6) is -0.921. The Morgan fingerprint density at radius 3 is 2.75 bits per heavy atom. The van der Waals surface area contributed by atoms with Crippen LogP contribution >= 0.6 is 0 Å². The first-order valence-electron chi connectivity index (χ1n) is 6.80. The molecule has 1 aromatic rings. The van der Waals surface area contributed by atoms with Crippen molar-refractivity contribution in [2.45, 2.75) is 32.4 Å².